The summed E-state index contributed by atoms with van der Waals surface area (Å²) in [4.78, 5) is 2.56. The van der Waals surface area contributed by atoms with Gasteiger partial charge in [0.05, 0.1) is 0 Å². The average molecular weight is 237 g/mol. The minimum absolute atomic E-state index is 0. The monoisotopic (exact) mass is 237 g/mol. The Labute approximate surface area is 124 Å². The number of hydrogen-bond acceptors (Lipinski definition) is 1. The van der Waals surface area contributed by atoms with Gasteiger partial charge in [-0.3, -0.25) is 0 Å². The maximum absolute atomic E-state index is 3.59. The molecule has 1 heterocycles. The van der Waals surface area contributed by atoms with Crippen LogP contribution in [0.25, 0.3) is 0 Å². The Hall–Kier alpha value is -0.223. The molecule has 0 unspecified atom stereocenters. The van der Waals surface area contributed by atoms with Gasteiger partial charge in [-0.25, -0.2) is 0 Å². The van der Waals surface area contributed by atoms with Crippen molar-refractivity contribution >= 4 is 0 Å². The molecule has 1 aliphatic rings. The molecule has 0 saturated carbocycles. The van der Waals surface area contributed by atoms with Crippen molar-refractivity contribution in [2.24, 2.45) is 0 Å². The molecular weight excluding hydrogens is 213 g/mol. The molecule has 0 radical (unpaired) electrons. The SMILES string of the molecule is CC(C)(C)c1[c-]c(CN2CCCCC2)ccc1.[Li+]. The van der Waals surface area contributed by atoms with Crippen molar-refractivity contribution in [1.82, 2.24) is 4.90 Å². The van der Waals surface area contributed by atoms with Gasteiger partial charge in [0, 0.05) is 6.54 Å². The van der Waals surface area contributed by atoms with Crippen molar-refractivity contribution in [3.8, 4) is 0 Å². The Morgan fingerprint density at radius 3 is 2.39 bits per heavy atom. The van der Waals surface area contributed by atoms with E-state index in [-0.39, 0.29) is 24.3 Å². The van der Waals surface area contributed by atoms with Crippen LogP contribution in [-0.2, 0) is 12.0 Å². The molecule has 1 aromatic rings. The molecule has 1 aliphatic heterocycles. The fraction of sp³-hybridized carbons (Fsp3) is 0.625. The fourth-order valence-corrected chi connectivity index (χ4v) is 2.40. The van der Waals surface area contributed by atoms with Gasteiger partial charge in [0.25, 0.3) is 0 Å². The van der Waals surface area contributed by atoms with Gasteiger partial charge in [0.15, 0.2) is 0 Å². The van der Waals surface area contributed by atoms with Crippen LogP contribution in [0.1, 0.15) is 51.2 Å². The number of hydrogen-bond donors (Lipinski definition) is 0. The summed E-state index contributed by atoms with van der Waals surface area (Å²) in [5, 5.41) is 0. The van der Waals surface area contributed by atoms with Crippen LogP contribution in [0.5, 0.6) is 0 Å². The van der Waals surface area contributed by atoms with Gasteiger partial charge in [0.1, 0.15) is 0 Å². The quantitative estimate of drug-likeness (QED) is 0.542. The summed E-state index contributed by atoms with van der Waals surface area (Å²) in [5.41, 5.74) is 2.88. The Balaban J connectivity index is 0.00000162. The van der Waals surface area contributed by atoms with Crippen molar-refractivity contribution in [2.75, 3.05) is 13.1 Å². The van der Waals surface area contributed by atoms with E-state index in [0.717, 1.165) is 6.54 Å². The van der Waals surface area contributed by atoms with Gasteiger partial charge >= 0.3 is 18.9 Å². The topological polar surface area (TPSA) is 3.24 Å². The second-order valence-corrected chi connectivity index (χ2v) is 6.18. The molecule has 0 spiro atoms. The van der Waals surface area contributed by atoms with Crippen molar-refractivity contribution in [3.63, 3.8) is 0 Å². The molecule has 1 fully saturated rings. The third-order valence-electron chi connectivity index (χ3n) is 3.51. The zero-order valence-corrected chi connectivity index (χ0v) is 12.4. The molecule has 0 atom stereocenters. The first-order valence-electron chi connectivity index (χ1n) is 6.80. The van der Waals surface area contributed by atoms with Gasteiger partial charge in [0.2, 0.25) is 0 Å². The first-order chi connectivity index (χ1) is 8.05. The number of piperidine rings is 1. The van der Waals surface area contributed by atoms with Crippen LogP contribution in [0.3, 0.4) is 0 Å². The summed E-state index contributed by atoms with van der Waals surface area (Å²) >= 11 is 0. The van der Waals surface area contributed by atoms with Gasteiger partial charge in [-0.1, -0.05) is 27.2 Å². The number of nitrogens with zero attached hydrogens (tertiary/aromatic N) is 1. The smallest absolute Gasteiger partial charge is 0.301 e. The van der Waals surface area contributed by atoms with Crippen molar-refractivity contribution in [3.05, 3.63) is 35.4 Å². The van der Waals surface area contributed by atoms with E-state index in [0.29, 0.717) is 0 Å². The third kappa shape index (κ3) is 4.47. The van der Waals surface area contributed by atoms with E-state index in [1.165, 1.54) is 43.5 Å². The van der Waals surface area contributed by atoms with Crippen LogP contribution < -0.4 is 18.9 Å². The molecule has 0 aliphatic carbocycles. The third-order valence-corrected chi connectivity index (χ3v) is 3.51. The Morgan fingerprint density at radius 1 is 1.11 bits per heavy atom. The van der Waals surface area contributed by atoms with Crippen molar-refractivity contribution in [2.45, 2.75) is 52.0 Å². The van der Waals surface area contributed by atoms with E-state index in [4.69, 9.17) is 0 Å². The van der Waals surface area contributed by atoms with E-state index in [2.05, 4.69) is 49.9 Å². The predicted octanol–water partition coefficient (Wildman–Crippen LogP) is 0.774. The minimum Gasteiger partial charge on any atom is -0.301 e. The largest absolute Gasteiger partial charge is 1.00 e. The minimum atomic E-state index is 0. The molecule has 0 aromatic heterocycles. The summed E-state index contributed by atoms with van der Waals surface area (Å²) in [6.45, 7) is 10.3. The van der Waals surface area contributed by atoms with Gasteiger partial charge < -0.3 is 4.90 Å². The molecule has 0 bridgehead atoms. The summed E-state index contributed by atoms with van der Waals surface area (Å²) in [6, 6.07) is 10.2. The van der Waals surface area contributed by atoms with E-state index in [1.54, 1.807) is 0 Å². The van der Waals surface area contributed by atoms with E-state index < -0.39 is 0 Å². The first kappa shape index (κ1) is 15.8. The maximum Gasteiger partial charge on any atom is 1.00 e. The number of rotatable bonds is 2. The van der Waals surface area contributed by atoms with E-state index >= 15 is 0 Å². The van der Waals surface area contributed by atoms with Crippen molar-refractivity contribution in [1.29, 1.82) is 0 Å². The molecule has 1 aromatic carbocycles. The van der Waals surface area contributed by atoms with Crippen LogP contribution in [0.4, 0.5) is 0 Å². The predicted molar refractivity (Wildman–Crippen MR) is 73.1 cm³/mol. The fourth-order valence-electron chi connectivity index (χ4n) is 2.40. The van der Waals surface area contributed by atoms with Gasteiger partial charge in [-0.05, 0) is 31.3 Å². The van der Waals surface area contributed by atoms with Gasteiger partial charge in [-0.2, -0.15) is 29.8 Å². The molecule has 2 heteroatoms. The van der Waals surface area contributed by atoms with E-state index in [1.807, 2.05) is 0 Å². The zero-order valence-electron chi connectivity index (χ0n) is 12.4. The van der Waals surface area contributed by atoms with Crippen LogP contribution in [-0.4, -0.2) is 18.0 Å². The first-order valence-corrected chi connectivity index (χ1v) is 6.80. The number of likely N-dealkylation sites (tertiary alicyclic amines) is 1. The van der Waals surface area contributed by atoms with Crippen LogP contribution in [0.15, 0.2) is 18.2 Å². The molecule has 0 N–H and O–H groups in total. The van der Waals surface area contributed by atoms with Crippen molar-refractivity contribution < 1.29 is 18.9 Å². The summed E-state index contributed by atoms with van der Waals surface area (Å²) in [5.74, 6) is 0. The molecule has 1 saturated heterocycles. The Bertz CT molecular complexity index is 362. The number of benzene rings is 1. The molecular formula is C16H24LiN. The Kier molecular flexibility index (Phi) is 5.98. The van der Waals surface area contributed by atoms with E-state index in [9.17, 15) is 0 Å². The van der Waals surface area contributed by atoms with Crippen LogP contribution in [0, 0.1) is 6.07 Å². The summed E-state index contributed by atoms with van der Waals surface area (Å²) in [7, 11) is 0. The standard InChI is InChI=1S/C16H24N.Li/c1-16(2,3)15-9-7-8-14(12-15)13-17-10-5-4-6-11-17;/h7-9H,4-6,10-11,13H2,1-3H3;/q-1;+1. The summed E-state index contributed by atoms with van der Waals surface area (Å²) < 4.78 is 0. The van der Waals surface area contributed by atoms with Crippen LogP contribution in [0.2, 0.25) is 0 Å². The molecule has 2 rings (SSSR count). The average Bonchev–Trinajstić information content (AvgIpc) is 2.29. The zero-order chi connectivity index (χ0) is 12.3. The second kappa shape index (κ2) is 6.80. The molecule has 94 valence electrons. The second-order valence-electron chi connectivity index (χ2n) is 6.18. The molecule has 0 amide bonds. The normalized spacial score (nSPS) is 17.3. The maximum atomic E-state index is 3.59. The molecule has 18 heavy (non-hydrogen) atoms. The van der Waals surface area contributed by atoms with Gasteiger partial charge in [-0.15, -0.1) is 5.56 Å². The summed E-state index contributed by atoms with van der Waals surface area (Å²) in [6.07, 6.45) is 4.13. The molecule has 1 nitrogen and oxygen atoms in total. The van der Waals surface area contributed by atoms with Crippen LogP contribution >= 0.6 is 0 Å². The Morgan fingerprint density at radius 2 is 1.78 bits per heavy atom.